The summed E-state index contributed by atoms with van der Waals surface area (Å²) in [7, 11) is 0. The van der Waals surface area contributed by atoms with Crippen molar-refractivity contribution in [2.45, 2.75) is 0 Å². The van der Waals surface area contributed by atoms with Crippen LogP contribution in [-0.2, 0) is 9.59 Å². The number of nitrogens with one attached hydrogen (secondary N) is 1. The standard InChI is InChI=1S/C23H14ClFN2O6S/c24-17-7-1-12(22(30)31)9-16(17)18-8-6-15(33-18)10-19-21(29)27(23(32)34-19)11-20(28)26-14-4-2-13(25)3-5-14/h1-10H,11H2,(H,26,28)(H,30,31)/b19-10-. The number of anilines is 1. The third-order valence-corrected chi connectivity index (χ3v) is 5.92. The summed E-state index contributed by atoms with van der Waals surface area (Å²) in [6, 6.07) is 12.3. The Morgan fingerprint density at radius 1 is 1.12 bits per heavy atom. The maximum atomic E-state index is 13.0. The average Bonchev–Trinajstić information content (AvgIpc) is 3.35. The quantitative estimate of drug-likeness (QED) is 0.451. The van der Waals surface area contributed by atoms with Gasteiger partial charge < -0.3 is 14.8 Å². The molecule has 1 aliphatic heterocycles. The van der Waals surface area contributed by atoms with Gasteiger partial charge in [-0.15, -0.1) is 0 Å². The van der Waals surface area contributed by atoms with Crippen LogP contribution in [0, 0.1) is 5.82 Å². The molecular formula is C23H14ClFN2O6S. The van der Waals surface area contributed by atoms with Crippen LogP contribution in [-0.4, -0.2) is 39.6 Å². The van der Waals surface area contributed by atoms with Crippen molar-refractivity contribution in [3.8, 4) is 11.3 Å². The lowest BCUT2D eigenvalue weighted by molar-refractivity contribution is -0.127. The number of nitrogens with zero attached hydrogens (tertiary/aromatic N) is 1. The number of carbonyl (C=O) groups is 4. The number of halogens is 2. The van der Waals surface area contributed by atoms with E-state index in [-0.39, 0.29) is 27.0 Å². The van der Waals surface area contributed by atoms with E-state index in [1.165, 1.54) is 54.6 Å². The van der Waals surface area contributed by atoms with E-state index in [9.17, 15) is 28.7 Å². The maximum Gasteiger partial charge on any atom is 0.335 e. The highest BCUT2D eigenvalue weighted by Crippen LogP contribution is 2.35. The summed E-state index contributed by atoms with van der Waals surface area (Å²) in [5.74, 6) is -2.38. The van der Waals surface area contributed by atoms with Gasteiger partial charge >= 0.3 is 5.97 Å². The minimum absolute atomic E-state index is 0.0254. The normalized spacial score (nSPS) is 14.6. The van der Waals surface area contributed by atoms with E-state index in [1.807, 2.05) is 0 Å². The van der Waals surface area contributed by atoms with Crippen molar-refractivity contribution in [2.75, 3.05) is 11.9 Å². The second-order valence-corrected chi connectivity index (χ2v) is 8.43. The summed E-state index contributed by atoms with van der Waals surface area (Å²) in [6.07, 6.45) is 1.35. The fourth-order valence-electron chi connectivity index (χ4n) is 3.07. The molecule has 4 rings (SSSR count). The molecule has 2 aromatic carbocycles. The van der Waals surface area contributed by atoms with Crippen LogP contribution in [0.2, 0.25) is 5.02 Å². The molecular weight excluding hydrogens is 487 g/mol. The van der Waals surface area contributed by atoms with Crippen LogP contribution in [0.4, 0.5) is 14.9 Å². The summed E-state index contributed by atoms with van der Waals surface area (Å²) in [5.41, 5.74) is 0.701. The van der Waals surface area contributed by atoms with Gasteiger partial charge in [0.25, 0.3) is 11.1 Å². The van der Waals surface area contributed by atoms with E-state index in [2.05, 4.69) is 5.32 Å². The lowest BCUT2D eigenvalue weighted by Crippen LogP contribution is -2.36. The second kappa shape index (κ2) is 9.54. The Morgan fingerprint density at radius 2 is 1.85 bits per heavy atom. The average molecular weight is 501 g/mol. The van der Waals surface area contributed by atoms with Gasteiger partial charge in [0.05, 0.1) is 15.5 Å². The largest absolute Gasteiger partial charge is 0.478 e. The lowest BCUT2D eigenvalue weighted by atomic mass is 10.1. The van der Waals surface area contributed by atoms with Gasteiger partial charge in [0.1, 0.15) is 23.9 Å². The zero-order chi connectivity index (χ0) is 24.4. The van der Waals surface area contributed by atoms with Crippen molar-refractivity contribution in [2.24, 2.45) is 0 Å². The van der Waals surface area contributed by atoms with Gasteiger partial charge in [0, 0.05) is 17.3 Å². The van der Waals surface area contributed by atoms with E-state index >= 15 is 0 Å². The molecule has 172 valence electrons. The van der Waals surface area contributed by atoms with Crippen LogP contribution in [0.1, 0.15) is 16.1 Å². The first-order valence-electron chi connectivity index (χ1n) is 9.65. The summed E-state index contributed by atoms with van der Waals surface area (Å²) in [4.78, 5) is 49.2. The molecule has 0 saturated carbocycles. The van der Waals surface area contributed by atoms with Gasteiger partial charge in [-0.2, -0.15) is 0 Å². The molecule has 1 fully saturated rings. The number of carboxylic acid groups (broad SMARTS) is 1. The number of rotatable bonds is 6. The molecule has 2 heterocycles. The molecule has 0 spiro atoms. The van der Waals surface area contributed by atoms with E-state index in [0.29, 0.717) is 23.0 Å². The molecule has 0 bridgehead atoms. The number of benzene rings is 2. The summed E-state index contributed by atoms with van der Waals surface area (Å²) in [6.45, 7) is -0.514. The first kappa shape index (κ1) is 23.3. The van der Waals surface area contributed by atoms with Crippen LogP contribution in [0.25, 0.3) is 17.4 Å². The Labute approximate surface area is 201 Å². The molecule has 34 heavy (non-hydrogen) atoms. The van der Waals surface area contributed by atoms with Crippen molar-refractivity contribution < 1.29 is 33.1 Å². The van der Waals surface area contributed by atoms with E-state index in [1.54, 1.807) is 6.07 Å². The Kier molecular flexibility index (Phi) is 6.53. The molecule has 3 amide bonds. The number of thioether (sulfide) groups is 1. The number of amides is 3. The van der Waals surface area contributed by atoms with Gasteiger partial charge in [0.15, 0.2) is 0 Å². The summed E-state index contributed by atoms with van der Waals surface area (Å²) in [5, 5.41) is 11.3. The van der Waals surface area contributed by atoms with Gasteiger partial charge in [-0.1, -0.05) is 11.6 Å². The molecule has 3 aromatic rings. The van der Waals surface area contributed by atoms with Crippen LogP contribution >= 0.6 is 23.4 Å². The number of imide groups is 1. The minimum atomic E-state index is -1.12. The SMILES string of the molecule is O=C(CN1C(=O)S/C(=C\c2ccc(-c3cc(C(=O)O)ccc3Cl)o2)C1=O)Nc1ccc(F)cc1. The number of furan rings is 1. The van der Waals surface area contributed by atoms with Crippen LogP contribution in [0.15, 0.2) is 63.9 Å². The molecule has 0 atom stereocenters. The number of hydrogen-bond acceptors (Lipinski definition) is 6. The highest BCUT2D eigenvalue weighted by molar-refractivity contribution is 8.18. The molecule has 11 heteroatoms. The maximum absolute atomic E-state index is 13.0. The third-order valence-electron chi connectivity index (χ3n) is 4.68. The van der Waals surface area contributed by atoms with Gasteiger partial charge in [-0.25, -0.2) is 9.18 Å². The third kappa shape index (κ3) is 5.03. The first-order valence-corrected chi connectivity index (χ1v) is 10.8. The molecule has 0 aliphatic carbocycles. The number of hydrogen-bond donors (Lipinski definition) is 2. The molecule has 1 aliphatic rings. The fourth-order valence-corrected chi connectivity index (χ4v) is 4.09. The fraction of sp³-hybridized carbons (Fsp3) is 0.0435. The minimum Gasteiger partial charge on any atom is -0.478 e. The Balaban J connectivity index is 1.48. The van der Waals surface area contributed by atoms with Gasteiger partial charge in [0.2, 0.25) is 5.91 Å². The smallest absolute Gasteiger partial charge is 0.335 e. The zero-order valence-electron chi connectivity index (χ0n) is 17.1. The van der Waals surface area contributed by atoms with E-state index in [4.69, 9.17) is 16.0 Å². The second-order valence-electron chi connectivity index (χ2n) is 7.02. The van der Waals surface area contributed by atoms with Gasteiger partial charge in [-0.3, -0.25) is 19.3 Å². The number of aromatic carboxylic acids is 1. The first-order chi connectivity index (χ1) is 16.2. The highest BCUT2D eigenvalue weighted by atomic mass is 35.5. The molecule has 0 radical (unpaired) electrons. The van der Waals surface area contributed by atoms with Crippen LogP contribution < -0.4 is 5.32 Å². The zero-order valence-corrected chi connectivity index (χ0v) is 18.7. The number of carboxylic acids is 1. The van der Waals surface area contributed by atoms with Crippen molar-refractivity contribution in [3.05, 3.63) is 81.7 Å². The molecule has 1 aromatic heterocycles. The van der Waals surface area contributed by atoms with E-state index in [0.717, 1.165) is 4.90 Å². The van der Waals surface area contributed by atoms with Crippen LogP contribution in [0.3, 0.4) is 0 Å². The molecule has 2 N–H and O–H groups in total. The van der Waals surface area contributed by atoms with Crippen molar-refractivity contribution in [1.82, 2.24) is 4.90 Å². The van der Waals surface area contributed by atoms with Gasteiger partial charge in [-0.05, 0) is 66.4 Å². The Morgan fingerprint density at radius 3 is 2.56 bits per heavy atom. The Bertz CT molecular complexity index is 1350. The van der Waals surface area contributed by atoms with Crippen molar-refractivity contribution in [1.29, 1.82) is 0 Å². The topological polar surface area (TPSA) is 117 Å². The summed E-state index contributed by atoms with van der Waals surface area (Å²) >= 11 is 6.80. The Hall–Kier alpha value is -3.89. The van der Waals surface area contributed by atoms with Crippen molar-refractivity contribution >= 4 is 58.1 Å². The predicted molar refractivity (Wildman–Crippen MR) is 124 cm³/mol. The highest BCUT2D eigenvalue weighted by Gasteiger charge is 2.36. The monoisotopic (exact) mass is 500 g/mol. The molecule has 8 nitrogen and oxygen atoms in total. The summed E-state index contributed by atoms with van der Waals surface area (Å²) < 4.78 is 18.7. The molecule has 0 unspecified atom stereocenters. The molecule has 1 saturated heterocycles. The van der Waals surface area contributed by atoms with Crippen molar-refractivity contribution in [3.63, 3.8) is 0 Å². The lowest BCUT2D eigenvalue weighted by Gasteiger charge is -2.12. The number of carbonyl (C=O) groups excluding carboxylic acids is 3. The van der Waals surface area contributed by atoms with Crippen LogP contribution in [0.5, 0.6) is 0 Å². The predicted octanol–water partition coefficient (Wildman–Crippen LogP) is 5.11. The van der Waals surface area contributed by atoms with E-state index < -0.39 is 35.4 Å².